The lowest BCUT2D eigenvalue weighted by atomic mass is 10.1. The van der Waals surface area contributed by atoms with Gasteiger partial charge < -0.3 is 14.7 Å². The van der Waals surface area contributed by atoms with Gasteiger partial charge in [0.1, 0.15) is 0 Å². The van der Waals surface area contributed by atoms with E-state index in [2.05, 4.69) is 0 Å². The Morgan fingerprint density at radius 3 is 3.06 bits per heavy atom. The van der Waals surface area contributed by atoms with Gasteiger partial charge in [0.2, 0.25) is 0 Å². The van der Waals surface area contributed by atoms with Crippen LogP contribution in [0.3, 0.4) is 0 Å². The van der Waals surface area contributed by atoms with E-state index in [1.807, 2.05) is 11.8 Å². The molecule has 0 saturated carbocycles. The molecule has 0 amide bonds. The molecule has 0 bridgehead atoms. The molecule has 1 aromatic rings. The molecule has 1 fully saturated rings. The van der Waals surface area contributed by atoms with Crippen LogP contribution in [0.2, 0.25) is 0 Å². The number of nitro groups is 1. The van der Waals surface area contributed by atoms with Gasteiger partial charge in [-0.25, -0.2) is 0 Å². The number of hydrogen-bond donors (Lipinski definition) is 1. The van der Waals surface area contributed by atoms with Gasteiger partial charge in [-0.3, -0.25) is 10.1 Å². The minimum atomic E-state index is -0.405. The van der Waals surface area contributed by atoms with Crippen molar-refractivity contribution in [1.29, 1.82) is 0 Å². The SMILES string of the molecule is Cc1ccc([N+](=O)[O-])cc1N1CCOCC1CO. The van der Waals surface area contributed by atoms with E-state index in [1.165, 1.54) is 6.07 Å². The molecule has 1 aromatic carbocycles. The van der Waals surface area contributed by atoms with E-state index < -0.39 is 4.92 Å². The first-order valence-electron chi connectivity index (χ1n) is 5.83. The lowest BCUT2D eigenvalue weighted by Gasteiger charge is -2.37. The summed E-state index contributed by atoms with van der Waals surface area (Å²) in [5, 5.41) is 20.1. The highest BCUT2D eigenvalue weighted by Crippen LogP contribution is 2.28. The lowest BCUT2D eigenvalue weighted by Crippen LogP contribution is -2.48. The summed E-state index contributed by atoms with van der Waals surface area (Å²) in [4.78, 5) is 12.4. The third-order valence-electron chi connectivity index (χ3n) is 3.15. The number of rotatable bonds is 3. The summed E-state index contributed by atoms with van der Waals surface area (Å²) in [5.74, 6) is 0. The lowest BCUT2D eigenvalue weighted by molar-refractivity contribution is -0.384. The number of benzene rings is 1. The van der Waals surface area contributed by atoms with Crippen LogP contribution in [0.25, 0.3) is 0 Å². The van der Waals surface area contributed by atoms with Crippen LogP contribution in [0, 0.1) is 17.0 Å². The maximum absolute atomic E-state index is 10.8. The zero-order chi connectivity index (χ0) is 13.1. The largest absolute Gasteiger partial charge is 0.394 e. The van der Waals surface area contributed by atoms with Gasteiger partial charge in [-0.05, 0) is 12.5 Å². The van der Waals surface area contributed by atoms with Crippen molar-refractivity contribution < 1.29 is 14.8 Å². The fraction of sp³-hybridized carbons (Fsp3) is 0.500. The molecule has 1 N–H and O–H groups in total. The number of aliphatic hydroxyl groups excluding tert-OH is 1. The number of morpholine rings is 1. The van der Waals surface area contributed by atoms with Gasteiger partial charge in [0.05, 0.1) is 30.8 Å². The normalized spacial score (nSPS) is 19.9. The number of aryl methyl sites for hydroxylation is 1. The monoisotopic (exact) mass is 252 g/mol. The first kappa shape index (κ1) is 12.8. The van der Waals surface area contributed by atoms with Crippen LogP contribution in [-0.2, 0) is 4.74 Å². The number of ether oxygens (including phenoxy) is 1. The summed E-state index contributed by atoms with van der Waals surface area (Å²) in [6.07, 6.45) is 0. The standard InChI is InChI=1S/C12H16N2O4/c1-9-2-3-10(14(16)17)6-12(9)13-4-5-18-8-11(13)7-15/h2-3,6,11,15H,4-5,7-8H2,1H3. The van der Waals surface area contributed by atoms with Crippen molar-refractivity contribution in [3.05, 3.63) is 33.9 Å². The summed E-state index contributed by atoms with van der Waals surface area (Å²) in [6, 6.07) is 4.65. The molecule has 0 spiro atoms. The summed E-state index contributed by atoms with van der Waals surface area (Å²) in [7, 11) is 0. The summed E-state index contributed by atoms with van der Waals surface area (Å²) in [5.41, 5.74) is 1.83. The van der Waals surface area contributed by atoms with Crippen LogP contribution >= 0.6 is 0 Å². The summed E-state index contributed by atoms with van der Waals surface area (Å²) < 4.78 is 5.31. The fourth-order valence-corrected chi connectivity index (χ4v) is 2.14. The van der Waals surface area contributed by atoms with Crippen LogP contribution < -0.4 is 4.90 Å². The van der Waals surface area contributed by atoms with Crippen molar-refractivity contribution in [2.45, 2.75) is 13.0 Å². The second-order valence-electron chi connectivity index (χ2n) is 4.33. The number of nitrogens with zero attached hydrogens (tertiary/aromatic N) is 2. The quantitative estimate of drug-likeness (QED) is 0.644. The van der Waals surface area contributed by atoms with Gasteiger partial charge in [-0.1, -0.05) is 6.07 Å². The fourth-order valence-electron chi connectivity index (χ4n) is 2.14. The van der Waals surface area contributed by atoms with Gasteiger partial charge in [-0.2, -0.15) is 0 Å². The molecule has 18 heavy (non-hydrogen) atoms. The first-order valence-corrected chi connectivity index (χ1v) is 5.83. The average Bonchev–Trinajstić information content (AvgIpc) is 2.39. The zero-order valence-corrected chi connectivity index (χ0v) is 10.2. The molecule has 1 saturated heterocycles. The summed E-state index contributed by atoms with van der Waals surface area (Å²) in [6.45, 7) is 3.52. The minimum Gasteiger partial charge on any atom is -0.394 e. The smallest absolute Gasteiger partial charge is 0.271 e. The summed E-state index contributed by atoms with van der Waals surface area (Å²) >= 11 is 0. The Morgan fingerprint density at radius 1 is 1.61 bits per heavy atom. The highest BCUT2D eigenvalue weighted by atomic mass is 16.6. The number of anilines is 1. The average molecular weight is 252 g/mol. The Morgan fingerprint density at radius 2 is 2.39 bits per heavy atom. The molecule has 1 aliphatic rings. The maximum Gasteiger partial charge on any atom is 0.271 e. The third-order valence-corrected chi connectivity index (χ3v) is 3.15. The van der Waals surface area contributed by atoms with Crippen LogP contribution in [-0.4, -0.2) is 42.4 Å². The molecule has 2 rings (SSSR count). The van der Waals surface area contributed by atoms with Gasteiger partial charge in [0, 0.05) is 24.4 Å². The maximum atomic E-state index is 10.8. The van der Waals surface area contributed by atoms with Gasteiger partial charge in [-0.15, -0.1) is 0 Å². The molecule has 0 aromatic heterocycles. The van der Waals surface area contributed by atoms with E-state index >= 15 is 0 Å². The number of nitro benzene ring substituents is 1. The third kappa shape index (κ3) is 2.44. The van der Waals surface area contributed by atoms with E-state index in [1.54, 1.807) is 12.1 Å². The van der Waals surface area contributed by atoms with Gasteiger partial charge in [0.25, 0.3) is 5.69 Å². The molecule has 0 radical (unpaired) electrons. The predicted molar refractivity (Wildman–Crippen MR) is 66.9 cm³/mol. The molecular formula is C12H16N2O4. The van der Waals surface area contributed by atoms with Crippen LogP contribution in [0.5, 0.6) is 0 Å². The number of non-ortho nitro benzene ring substituents is 1. The van der Waals surface area contributed by atoms with E-state index in [0.29, 0.717) is 19.8 Å². The van der Waals surface area contributed by atoms with Crippen molar-refractivity contribution in [3.63, 3.8) is 0 Å². The number of aliphatic hydroxyl groups is 1. The second-order valence-corrected chi connectivity index (χ2v) is 4.33. The Balaban J connectivity index is 2.35. The van der Waals surface area contributed by atoms with Gasteiger partial charge >= 0.3 is 0 Å². The Hall–Kier alpha value is -1.66. The first-order chi connectivity index (χ1) is 8.63. The molecule has 6 nitrogen and oxygen atoms in total. The zero-order valence-electron chi connectivity index (χ0n) is 10.2. The second kappa shape index (κ2) is 5.32. The Labute approximate surface area is 105 Å². The van der Waals surface area contributed by atoms with Crippen molar-refractivity contribution in [1.82, 2.24) is 0 Å². The molecule has 1 atom stereocenters. The molecule has 1 unspecified atom stereocenters. The van der Waals surface area contributed by atoms with Gasteiger partial charge in [0.15, 0.2) is 0 Å². The van der Waals surface area contributed by atoms with Crippen molar-refractivity contribution in [3.8, 4) is 0 Å². The molecule has 1 aliphatic heterocycles. The molecule has 0 aliphatic carbocycles. The van der Waals surface area contributed by atoms with E-state index in [0.717, 1.165) is 11.3 Å². The topological polar surface area (TPSA) is 75.8 Å². The number of hydrogen-bond acceptors (Lipinski definition) is 5. The van der Waals surface area contributed by atoms with Crippen molar-refractivity contribution in [2.75, 3.05) is 31.3 Å². The molecular weight excluding hydrogens is 236 g/mol. The Bertz CT molecular complexity index is 450. The van der Waals surface area contributed by atoms with Crippen LogP contribution in [0.4, 0.5) is 11.4 Å². The minimum absolute atomic E-state index is 0.0257. The molecule has 98 valence electrons. The molecule has 1 heterocycles. The van der Waals surface area contributed by atoms with E-state index in [4.69, 9.17) is 4.74 Å². The van der Waals surface area contributed by atoms with Crippen LogP contribution in [0.15, 0.2) is 18.2 Å². The Kier molecular flexibility index (Phi) is 3.78. The predicted octanol–water partition coefficient (Wildman–Crippen LogP) is 1.10. The van der Waals surface area contributed by atoms with Crippen molar-refractivity contribution in [2.24, 2.45) is 0 Å². The van der Waals surface area contributed by atoms with E-state index in [-0.39, 0.29) is 18.3 Å². The molecule has 6 heteroatoms. The van der Waals surface area contributed by atoms with Crippen LogP contribution in [0.1, 0.15) is 5.56 Å². The van der Waals surface area contributed by atoms with E-state index in [9.17, 15) is 15.2 Å². The highest BCUT2D eigenvalue weighted by Gasteiger charge is 2.25. The van der Waals surface area contributed by atoms with Crippen molar-refractivity contribution >= 4 is 11.4 Å². The highest BCUT2D eigenvalue weighted by molar-refractivity contribution is 5.59.